The highest BCUT2D eigenvalue weighted by Crippen LogP contribution is 2.33. The van der Waals surface area contributed by atoms with Crippen molar-refractivity contribution < 1.29 is 4.74 Å². The molecule has 2 rings (SSSR count). The Morgan fingerprint density at radius 1 is 1.42 bits per heavy atom. The summed E-state index contributed by atoms with van der Waals surface area (Å²) in [4.78, 5) is 0. The van der Waals surface area contributed by atoms with Gasteiger partial charge in [0.05, 0.1) is 6.61 Å². The minimum atomic E-state index is 0.828. The van der Waals surface area contributed by atoms with Gasteiger partial charge in [-0.3, -0.25) is 0 Å². The summed E-state index contributed by atoms with van der Waals surface area (Å²) in [5.74, 6) is 1.01. The van der Waals surface area contributed by atoms with Gasteiger partial charge in [-0.25, -0.2) is 0 Å². The molecule has 12 heavy (non-hydrogen) atoms. The predicted octanol–water partition coefficient (Wildman–Crippen LogP) is 2.97. The lowest BCUT2D eigenvalue weighted by Gasteiger charge is -2.19. The van der Waals surface area contributed by atoms with Gasteiger partial charge in [0.1, 0.15) is 5.75 Å². The van der Waals surface area contributed by atoms with Crippen molar-refractivity contribution >= 4 is 11.6 Å². The Balaban J connectivity index is 2.57. The zero-order chi connectivity index (χ0) is 8.55. The van der Waals surface area contributed by atoms with Crippen LogP contribution in [0.5, 0.6) is 5.75 Å². The fourth-order valence-corrected chi connectivity index (χ4v) is 1.82. The number of aryl methyl sites for hydroxylation is 1. The summed E-state index contributed by atoms with van der Waals surface area (Å²) in [7, 11) is 0. The fraction of sp³-hybridized carbons (Fsp3) is 0.400. The Kier molecular flexibility index (Phi) is 1.97. The molecular weight excluding hydrogens is 172 g/mol. The summed E-state index contributed by atoms with van der Waals surface area (Å²) >= 11 is 6.03. The van der Waals surface area contributed by atoms with E-state index in [9.17, 15) is 0 Å². The van der Waals surface area contributed by atoms with Gasteiger partial charge < -0.3 is 4.74 Å². The van der Waals surface area contributed by atoms with E-state index in [1.165, 1.54) is 11.1 Å². The number of benzene rings is 1. The molecule has 0 saturated carbocycles. The van der Waals surface area contributed by atoms with Crippen molar-refractivity contribution in [3.05, 3.63) is 28.3 Å². The van der Waals surface area contributed by atoms with Gasteiger partial charge in [0, 0.05) is 10.6 Å². The van der Waals surface area contributed by atoms with Crippen molar-refractivity contribution in [3.8, 4) is 5.75 Å². The van der Waals surface area contributed by atoms with Crippen LogP contribution in [0.2, 0.25) is 5.02 Å². The molecule has 0 aliphatic carbocycles. The summed E-state index contributed by atoms with van der Waals surface area (Å²) in [5, 5.41) is 0.843. The maximum atomic E-state index is 6.03. The molecule has 1 aliphatic heterocycles. The van der Waals surface area contributed by atoms with Crippen LogP contribution in [0.4, 0.5) is 0 Å². The SMILES string of the molecule is Cc1ccc(Cl)c2c1OCCC2. The van der Waals surface area contributed by atoms with Crippen molar-refractivity contribution in [3.63, 3.8) is 0 Å². The molecule has 0 N–H and O–H groups in total. The van der Waals surface area contributed by atoms with E-state index in [1.807, 2.05) is 12.1 Å². The van der Waals surface area contributed by atoms with E-state index in [2.05, 4.69) is 6.92 Å². The van der Waals surface area contributed by atoms with Crippen molar-refractivity contribution in [2.45, 2.75) is 19.8 Å². The highest BCUT2D eigenvalue weighted by molar-refractivity contribution is 6.31. The molecule has 1 nitrogen and oxygen atoms in total. The molecule has 0 spiro atoms. The quantitative estimate of drug-likeness (QED) is 0.600. The first-order valence-corrected chi connectivity index (χ1v) is 4.57. The van der Waals surface area contributed by atoms with Crippen molar-refractivity contribution in [1.82, 2.24) is 0 Å². The lowest BCUT2D eigenvalue weighted by molar-refractivity contribution is 0.286. The maximum Gasteiger partial charge on any atom is 0.126 e. The second-order valence-corrected chi connectivity index (χ2v) is 3.53. The van der Waals surface area contributed by atoms with Gasteiger partial charge in [0.15, 0.2) is 0 Å². The molecule has 1 aromatic carbocycles. The van der Waals surface area contributed by atoms with E-state index in [4.69, 9.17) is 16.3 Å². The second-order valence-electron chi connectivity index (χ2n) is 3.12. The number of hydrogen-bond acceptors (Lipinski definition) is 1. The van der Waals surface area contributed by atoms with E-state index in [-0.39, 0.29) is 0 Å². The van der Waals surface area contributed by atoms with Gasteiger partial charge in [0.25, 0.3) is 0 Å². The third-order valence-corrected chi connectivity index (χ3v) is 2.57. The minimum Gasteiger partial charge on any atom is -0.493 e. The third-order valence-electron chi connectivity index (χ3n) is 2.22. The highest BCUT2D eigenvalue weighted by Gasteiger charge is 2.15. The minimum absolute atomic E-state index is 0.828. The molecule has 1 heterocycles. The molecule has 64 valence electrons. The molecule has 0 fully saturated rings. The number of fused-ring (bicyclic) bond motifs is 1. The third kappa shape index (κ3) is 1.18. The van der Waals surface area contributed by atoms with Crippen molar-refractivity contribution in [2.75, 3.05) is 6.61 Å². The average molecular weight is 183 g/mol. The second kappa shape index (κ2) is 2.98. The first-order chi connectivity index (χ1) is 5.79. The number of hydrogen-bond donors (Lipinski definition) is 0. The van der Waals surface area contributed by atoms with Crippen LogP contribution in [0.1, 0.15) is 17.5 Å². The lowest BCUT2D eigenvalue weighted by Crippen LogP contribution is -2.09. The Morgan fingerprint density at radius 3 is 3.00 bits per heavy atom. The van der Waals surface area contributed by atoms with Crippen LogP contribution < -0.4 is 4.74 Å². The van der Waals surface area contributed by atoms with Crippen LogP contribution in [0.15, 0.2) is 12.1 Å². The van der Waals surface area contributed by atoms with E-state index < -0.39 is 0 Å². The smallest absolute Gasteiger partial charge is 0.126 e. The maximum absolute atomic E-state index is 6.03. The standard InChI is InChI=1S/C10H11ClO/c1-7-4-5-9(11)8-3-2-6-12-10(7)8/h4-5H,2-3,6H2,1H3. The molecule has 0 amide bonds. The normalized spacial score (nSPS) is 15.2. The fourth-order valence-electron chi connectivity index (χ4n) is 1.58. The van der Waals surface area contributed by atoms with Crippen LogP contribution in [0.3, 0.4) is 0 Å². The Bertz CT molecular complexity index is 276. The van der Waals surface area contributed by atoms with Gasteiger partial charge in [-0.2, -0.15) is 0 Å². The van der Waals surface area contributed by atoms with Crippen LogP contribution >= 0.6 is 11.6 Å². The van der Waals surface area contributed by atoms with Crippen molar-refractivity contribution in [1.29, 1.82) is 0 Å². The van der Waals surface area contributed by atoms with Crippen molar-refractivity contribution in [2.24, 2.45) is 0 Å². The summed E-state index contributed by atoms with van der Waals surface area (Å²) in [6.07, 6.45) is 2.13. The Labute approximate surface area is 77.3 Å². The largest absolute Gasteiger partial charge is 0.493 e. The van der Waals surface area contributed by atoms with E-state index in [0.29, 0.717) is 0 Å². The zero-order valence-corrected chi connectivity index (χ0v) is 7.82. The monoisotopic (exact) mass is 182 g/mol. The molecule has 0 atom stereocenters. The van der Waals surface area contributed by atoms with Crippen LogP contribution in [0.25, 0.3) is 0 Å². The number of ether oxygens (including phenoxy) is 1. The Hall–Kier alpha value is -0.690. The molecule has 1 aromatic rings. The molecule has 0 radical (unpaired) electrons. The Morgan fingerprint density at radius 2 is 2.25 bits per heavy atom. The number of rotatable bonds is 0. The van der Waals surface area contributed by atoms with Gasteiger partial charge in [0.2, 0.25) is 0 Å². The lowest BCUT2D eigenvalue weighted by atomic mass is 10.0. The van der Waals surface area contributed by atoms with Gasteiger partial charge in [-0.1, -0.05) is 17.7 Å². The topological polar surface area (TPSA) is 9.23 Å². The van der Waals surface area contributed by atoms with Crippen LogP contribution in [-0.4, -0.2) is 6.61 Å². The van der Waals surface area contributed by atoms with E-state index in [0.717, 1.165) is 30.2 Å². The van der Waals surface area contributed by atoms with Gasteiger partial charge in [-0.15, -0.1) is 0 Å². The summed E-state index contributed by atoms with van der Waals surface area (Å²) < 4.78 is 5.55. The highest BCUT2D eigenvalue weighted by atomic mass is 35.5. The average Bonchev–Trinajstić information content (AvgIpc) is 2.12. The molecule has 0 bridgehead atoms. The summed E-state index contributed by atoms with van der Waals surface area (Å²) in [6, 6.07) is 3.96. The molecule has 0 saturated heterocycles. The summed E-state index contributed by atoms with van der Waals surface area (Å²) in [5.41, 5.74) is 2.37. The molecule has 0 unspecified atom stereocenters. The molecular formula is C10H11ClO. The first kappa shape index (κ1) is 7.93. The van der Waals surface area contributed by atoms with Crippen LogP contribution in [-0.2, 0) is 6.42 Å². The van der Waals surface area contributed by atoms with Crippen LogP contribution in [0, 0.1) is 6.92 Å². The van der Waals surface area contributed by atoms with E-state index in [1.54, 1.807) is 0 Å². The predicted molar refractivity (Wildman–Crippen MR) is 50.0 cm³/mol. The van der Waals surface area contributed by atoms with Gasteiger partial charge >= 0.3 is 0 Å². The molecule has 0 aromatic heterocycles. The van der Waals surface area contributed by atoms with E-state index >= 15 is 0 Å². The number of halogens is 1. The van der Waals surface area contributed by atoms with Gasteiger partial charge in [-0.05, 0) is 31.4 Å². The molecule has 2 heteroatoms. The summed E-state index contributed by atoms with van der Waals surface area (Å²) in [6.45, 7) is 2.88. The molecule has 1 aliphatic rings. The zero-order valence-electron chi connectivity index (χ0n) is 7.06. The first-order valence-electron chi connectivity index (χ1n) is 4.20.